The van der Waals surface area contributed by atoms with Crippen molar-refractivity contribution >= 4 is 5.97 Å². The van der Waals surface area contributed by atoms with Crippen LogP contribution in [-0.4, -0.2) is 25.7 Å². The van der Waals surface area contributed by atoms with Gasteiger partial charge in [0.05, 0.1) is 13.5 Å². The molecule has 0 aromatic rings. The number of ether oxygens (including phenoxy) is 1. The van der Waals surface area contributed by atoms with E-state index in [2.05, 4.69) is 16.0 Å². The molecule has 1 N–H and O–H groups in total. The minimum atomic E-state index is -0.198. The van der Waals surface area contributed by atoms with E-state index in [0.29, 0.717) is 12.8 Å². The van der Waals surface area contributed by atoms with E-state index in [0.717, 1.165) is 6.54 Å². The molecule has 1 unspecified atom stereocenters. The highest BCUT2D eigenvalue weighted by Gasteiger charge is 2.06. The lowest BCUT2D eigenvalue weighted by molar-refractivity contribution is -0.141. The van der Waals surface area contributed by atoms with Crippen molar-refractivity contribution in [3.05, 3.63) is 0 Å². The molecule has 0 aliphatic rings. The Morgan fingerprint density at radius 2 is 2.42 bits per heavy atom. The summed E-state index contributed by atoms with van der Waals surface area (Å²) in [5.41, 5.74) is 0. The van der Waals surface area contributed by atoms with Gasteiger partial charge in [0.2, 0.25) is 0 Å². The predicted octanol–water partition coefficient (Wildman–Crippen LogP) is 0.551. The molecule has 3 heteroatoms. The van der Waals surface area contributed by atoms with Gasteiger partial charge in [-0.25, -0.2) is 0 Å². The normalized spacial score (nSPS) is 11.8. The molecule has 0 aromatic carbocycles. The van der Waals surface area contributed by atoms with Crippen LogP contribution < -0.4 is 5.32 Å². The van der Waals surface area contributed by atoms with Crippen LogP contribution in [0.5, 0.6) is 0 Å². The Morgan fingerprint density at radius 1 is 1.75 bits per heavy atom. The molecule has 0 heterocycles. The molecule has 0 amide bonds. The zero-order valence-electron chi connectivity index (χ0n) is 7.59. The van der Waals surface area contributed by atoms with E-state index >= 15 is 0 Å². The van der Waals surface area contributed by atoms with Gasteiger partial charge in [0.25, 0.3) is 0 Å². The van der Waals surface area contributed by atoms with Gasteiger partial charge in [-0.2, -0.15) is 0 Å². The van der Waals surface area contributed by atoms with E-state index in [1.165, 1.54) is 7.11 Å². The van der Waals surface area contributed by atoms with Crippen LogP contribution in [0.3, 0.4) is 0 Å². The zero-order chi connectivity index (χ0) is 9.40. The number of hydrogen-bond donors (Lipinski definition) is 1. The second kappa shape index (κ2) is 6.68. The first-order valence-corrected chi connectivity index (χ1v) is 3.94. The Hall–Kier alpha value is -1.01. The highest BCUT2D eigenvalue weighted by molar-refractivity contribution is 5.69. The van der Waals surface area contributed by atoms with Crippen LogP contribution in [0.2, 0.25) is 0 Å². The van der Waals surface area contributed by atoms with Crippen LogP contribution in [0.4, 0.5) is 0 Å². The fourth-order valence-corrected chi connectivity index (χ4v) is 0.796. The minimum absolute atomic E-state index is 0.130. The van der Waals surface area contributed by atoms with Gasteiger partial charge >= 0.3 is 5.97 Å². The summed E-state index contributed by atoms with van der Waals surface area (Å²) >= 11 is 0. The number of carbonyl (C=O) groups is 1. The molecule has 1 atom stereocenters. The van der Waals surface area contributed by atoms with E-state index in [4.69, 9.17) is 6.42 Å². The van der Waals surface area contributed by atoms with Crippen molar-refractivity contribution < 1.29 is 9.53 Å². The summed E-state index contributed by atoms with van der Waals surface area (Å²) in [5.74, 6) is 2.31. The molecule has 12 heavy (non-hydrogen) atoms. The van der Waals surface area contributed by atoms with E-state index in [-0.39, 0.29) is 12.0 Å². The first-order valence-electron chi connectivity index (χ1n) is 3.94. The second-order valence-electron chi connectivity index (χ2n) is 2.59. The number of terminal acetylenes is 1. The second-order valence-corrected chi connectivity index (χ2v) is 2.59. The summed E-state index contributed by atoms with van der Waals surface area (Å²) in [4.78, 5) is 10.8. The third kappa shape index (κ3) is 5.75. The molecule has 0 saturated heterocycles. The molecule has 0 spiro atoms. The third-order valence-corrected chi connectivity index (χ3v) is 1.46. The van der Waals surface area contributed by atoms with Crippen molar-refractivity contribution in [3.8, 4) is 12.3 Å². The van der Waals surface area contributed by atoms with Gasteiger partial charge in [0, 0.05) is 19.0 Å². The number of carbonyl (C=O) groups excluding carboxylic acids is 1. The number of rotatable bonds is 5. The van der Waals surface area contributed by atoms with E-state index in [9.17, 15) is 4.79 Å². The molecule has 0 fully saturated rings. The van der Waals surface area contributed by atoms with Gasteiger partial charge in [-0.05, 0) is 6.92 Å². The zero-order valence-corrected chi connectivity index (χ0v) is 7.59. The van der Waals surface area contributed by atoms with Gasteiger partial charge in [-0.1, -0.05) is 0 Å². The number of nitrogens with one attached hydrogen (secondary N) is 1. The highest BCUT2D eigenvalue weighted by Crippen LogP contribution is 1.92. The quantitative estimate of drug-likeness (QED) is 0.371. The van der Waals surface area contributed by atoms with Crippen LogP contribution in [0.15, 0.2) is 0 Å². The van der Waals surface area contributed by atoms with Gasteiger partial charge in [0.15, 0.2) is 0 Å². The van der Waals surface area contributed by atoms with E-state index < -0.39 is 0 Å². The maximum absolute atomic E-state index is 10.8. The molecule has 0 rings (SSSR count). The maximum atomic E-state index is 10.8. The Morgan fingerprint density at radius 3 is 2.92 bits per heavy atom. The fraction of sp³-hybridized carbons (Fsp3) is 0.667. The Balaban J connectivity index is 3.40. The van der Waals surface area contributed by atoms with Gasteiger partial charge in [0.1, 0.15) is 0 Å². The van der Waals surface area contributed by atoms with Crippen molar-refractivity contribution in [2.45, 2.75) is 25.8 Å². The Labute approximate surface area is 73.5 Å². The minimum Gasteiger partial charge on any atom is -0.469 e. The molecule has 0 aromatic heterocycles. The predicted molar refractivity (Wildman–Crippen MR) is 47.5 cm³/mol. The van der Waals surface area contributed by atoms with Crippen molar-refractivity contribution in [3.63, 3.8) is 0 Å². The number of hydrogen-bond acceptors (Lipinski definition) is 3. The summed E-state index contributed by atoms with van der Waals surface area (Å²) < 4.78 is 4.51. The SMILES string of the molecule is C#CCCNC(C)CC(=O)OC. The summed E-state index contributed by atoms with van der Waals surface area (Å²) in [6.07, 6.45) is 6.14. The molecule has 0 saturated carbocycles. The van der Waals surface area contributed by atoms with Crippen LogP contribution in [0.25, 0.3) is 0 Å². The fourth-order valence-electron chi connectivity index (χ4n) is 0.796. The molecular formula is C9H15NO2. The van der Waals surface area contributed by atoms with Crippen LogP contribution in [-0.2, 0) is 9.53 Å². The summed E-state index contributed by atoms with van der Waals surface area (Å²) in [6, 6.07) is 0.130. The summed E-state index contributed by atoms with van der Waals surface area (Å²) in [7, 11) is 1.39. The number of methoxy groups -OCH3 is 1. The molecule has 0 aliphatic carbocycles. The van der Waals surface area contributed by atoms with Gasteiger partial charge in [-0.3, -0.25) is 4.79 Å². The maximum Gasteiger partial charge on any atom is 0.307 e. The molecule has 0 bridgehead atoms. The van der Waals surface area contributed by atoms with Crippen molar-refractivity contribution in [2.24, 2.45) is 0 Å². The average molecular weight is 169 g/mol. The summed E-state index contributed by atoms with van der Waals surface area (Å²) in [6.45, 7) is 2.67. The molecule has 0 aliphatic heterocycles. The lowest BCUT2D eigenvalue weighted by Gasteiger charge is -2.10. The van der Waals surface area contributed by atoms with Crippen molar-refractivity contribution in [1.82, 2.24) is 5.32 Å². The molecule has 0 radical (unpaired) electrons. The van der Waals surface area contributed by atoms with E-state index in [1.807, 2.05) is 6.92 Å². The average Bonchev–Trinajstić information content (AvgIpc) is 2.05. The first-order chi connectivity index (χ1) is 5.70. The van der Waals surface area contributed by atoms with Crippen LogP contribution in [0.1, 0.15) is 19.8 Å². The summed E-state index contributed by atoms with van der Waals surface area (Å²) in [5, 5.41) is 3.11. The largest absolute Gasteiger partial charge is 0.469 e. The van der Waals surface area contributed by atoms with Crippen molar-refractivity contribution in [1.29, 1.82) is 0 Å². The Bertz CT molecular complexity index is 172. The molecule has 3 nitrogen and oxygen atoms in total. The van der Waals surface area contributed by atoms with E-state index in [1.54, 1.807) is 0 Å². The first kappa shape index (κ1) is 11.0. The van der Waals surface area contributed by atoms with Crippen LogP contribution >= 0.6 is 0 Å². The lowest BCUT2D eigenvalue weighted by atomic mass is 10.2. The standard InChI is InChI=1S/C9H15NO2/c1-4-5-6-10-8(2)7-9(11)12-3/h1,8,10H,5-7H2,2-3H3. The van der Waals surface area contributed by atoms with Gasteiger partial charge in [-0.15, -0.1) is 12.3 Å². The van der Waals surface area contributed by atoms with Crippen molar-refractivity contribution in [2.75, 3.05) is 13.7 Å². The number of esters is 1. The smallest absolute Gasteiger partial charge is 0.307 e. The third-order valence-electron chi connectivity index (χ3n) is 1.46. The topological polar surface area (TPSA) is 38.3 Å². The molecular weight excluding hydrogens is 154 g/mol. The van der Waals surface area contributed by atoms with Crippen LogP contribution in [0, 0.1) is 12.3 Å². The lowest BCUT2D eigenvalue weighted by Crippen LogP contribution is -2.29. The van der Waals surface area contributed by atoms with Gasteiger partial charge < -0.3 is 10.1 Å². The molecule has 68 valence electrons. The monoisotopic (exact) mass is 169 g/mol. The Kier molecular flexibility index (Phi) is 6.12. The highest BCUT2D eigenvalue weighted by atomic mass is 16.5.